The van der Waals surface area contributed by atoms with Crippen LogP contribution in [-0.2, 0) is 30.4 Å². The lowest BCUT2D eigenvalue weighted by atomic mass is 9.94. The Morgan fingerprint density at radius 2 is 1.55 bits per heavy atom. The number of likely N-dealkylation sites (tertiary alicyclic amines) is 2. The van der Waals surface area contributed by atoms with Crippen LogP contribution in [0.15, 0.2) is 30.3 Å². The first-order valence-corrected chi connectivity index (χ1v) is 11.8. The first kappa shape index (κ1) is 21.6. The zero-order chi connectivity index (χ0) is 20.9. The lowest BCUT2D eigenvalue weighted by Crippen LogP contribution is -2.47. The maximum Gasteiger partial charge on any atom is 0.410 e. The molecule has 8 nitrogen and oxygen atoms in total. The van der Waals surface area contributed by atoms with Gasteiger partial charge in [0, 0.05) is 32.1 Å². The largest absolute Gasteiger partial charge is 0.445 e. The highest BCUT2D eigenvalue weighted by Crippen LogP contribution is 2.23. The average Bonchev–Trinajstić information content (AvgIpc) is 2.72. The average molecular weight is 425 g/mol. The van der Waals surface area contributed by atoms with Crippen LogP contribution in [0, 0.1) is 5.92 Å². The fourth-order valence-corrected chi connectivity index (χ4v) is 4.48. The van der Waals surface area contributed by atoms with E-state index in [0.717, 1.165) is 11.8 Å². The molecule has 29 heavy (non-hydrogen) atoms. The molecular weight excluding hydrogens is 396 g/mol. The van der Waals surface area contributed by atoms with Crippen LogP contribution in [-0.4, -0.2) is 68.8 Å². The van der Waals surface area contributed by atoms with Crippen LogP contribution < -0.4 is 0 Å². The quantitative estimate of drug-likeness (QED) is 0.671. The second kappa shape index (κ2) is 9.58. The van der Waals surface area contributed by atoms with Gasteiger partial charge >= 0.3 is 6.09 Å². The van der Waals surface area contributed by atoms with Crippen molar-refractivity contribution in [2.24, 2.45) is 5.92 Å². The van der Waals surface area contributed by atoms with Crippen molar-refractivity contribution in [3.8, 4) is 0 Å². The van der Waals surface area contributed by atoms with Crippen LogP contribution in [0.3, 0.4) is 0 Å². The third-order valence-corrected chi connectivity index (χ3v) is 5.99. The third kappa shape index (κ3) is 6.43. The maximum atomic E-state index is 12.8. The van der Waals surface area contributed by atoms with Crippen LogP contribution >= 0.6 is 0 Å². The molecule has 1 aromatic carbocycles. The monoisotopic (exact) mass is 424 g/mol. The maximum absolute atomic E-state index is 12.8. The van der Waals surface area contributed by atoms with Gasteiger partial charge in [-0.25, -0.2) is 4.79 Å². The summed E-state index contributed by atoms with van der Waals surface area (Å²) >= 11 is 0. The zero-order valence-electron chi connectivity index (χ0n) is 16.7. The Bertz CT molecular complexity index is 798. The molecule has 0 saturated carbocycles. The highest BCUT2D eigenvalue weighted by Gasteiger charge is 2.33. The van der Waals surface area contributed by atoms with Crippen LogP contribution in [0.1, 0.15) is 31.2 Å². The Morgan fingerprint density at radius 3 is 2.14 bits per heavy atom. The number of nitrogens with zero attached hydrogens (tertiary/aromatic N) is 2. The zero-order valence-corrected chi connectivity index (χ0v) is 17.5. The van der Waals surface area contributed by atoms with Crippen LogP contribution in [0.2, 0.25) is 0 Å². The van der Waals surface area contributed by atoms with Gasteiger partial charge < -0.3 is 14.5 Å². The number of carbonyl (C=O) groups is 2. The second-order valence-electron chi connectivity index (χ2n) is 7.63. The van der Waals surface area contributed by atoms with E-state index in [1.807, 2.05) is 30.3 Å². The van der Waals surface area contributed by atoms with Gasteiger partial charge in [0.05, 0.1) is 12.4 Å². The van der Waals surface area contributed by atoms with Gasteiger partial charge in [0.15, 0.2) is 0 Å². The molecule has 2 fully saturated rings. The van der Waals surface area contributed by atoms with Crippen molar-refractivity contribution in [2.45, 2.75) is 38.4 Å². The minimum atomic E-state index is -3.47. The van der Waals surface area contributed by atoms with E-state index in [1.165, 1.54) is 0 Å². The summed E-state index contributed by atoms with van der Waals surface area (Å²) < 4.78 is 32.8. The standard InChI is InChI=1S/C20H28N2O6S/c1-29(25,26)28-18-9-13-21(14-10-18)19(23)17-7-11-22(12-8-17)20(24)27-15-16-5-3-2-4-6-16/h2-6,17-18H,7-15H2,1H3. The van der Waals surface area contributed by atoms with Gasteiger partial charge in [-0.05, 0) is 31.2 Å². The highest BCUT2D eigenvalue weighted by atomic mass is 32.2. The van der Waals surface area contributed by atoms with Crippen molar-refractivity contribution in [3.63, 3.8) is 0 Å². The number of carbonyl (C=O) groups excluding carboxylic acids is 2. The number of hydrogen-bond donors (Lipinski definition) is 0. The van der Waals surface area contributed by atoms with Crippen molar-refractivity contribution >= 4 is 22.1 Å². The van der Waals surface area contributed by atoms with E-state index in [4.69, 9.17) is 8.92 Å². The predicted molar refractivity (Wildman–Crippen MR) is 106 cm³/mol. The summed E-state index contributed by atoms with van der Waals surface area (Å²) in [4.78, 5) is 28.4. The van der Waals surface area contributed by atoms with Crippen LogP contribution in [0.4, 0.5) is 4.79 Å². The summed E-state index contributed by atoms with van der Waals surface area (Å²) in [5.74, 6) is -0.0272. The van der Waals surface area contributed by atoms with Crippen molar-refractivity contribution < 1.29 is 26.9 Å². The normalized spacial score (nSPS) is 19.2. The van der Waals surface area contributed by atoms with Gasteiger partial charge in [-0.15, -0.1) is 0 Å². The van der Waals surface area contributed by atoms with E-state index < -0.39 is 10.1 Å². The Labute approximate surface area is 171 Å². The fraction of sp³-hybridized carbons (Fsp3) is 0.600. The molecule has 0 atom stereocenters. The molecule has 0 aliphatic carbocycles. The summed E-state index contributed by atoms with van der Waals surface area (Å²) in [6, 6.07) is 9.52. The van der Waals surface area contributed by atoms with Crippen LogP contribution in [0.25, 0.3) is 0 Å². The number of piperidine rings is 2. The van der Waals surface area contributed by atoms with Gasteiger partial charge in [0.2, 0.25) is 5.91 Å². The lowest BCUT2D eigenvalue weighted by molar-refractivity contribution is -0.138. The molecule has 9 heteroatoms. The van der Waals surface area contributed by atoms with Gasteiger partial charge in [-0.2, -0.15) is 8.42 Å². The van der Waals surface area contributed by atoms with Gasteiger partial charge in [-0.1, -0.05) is 30.3 Å². The summed E-state index contributed by atoms with van der Waals surface area (Å²) in [7, 11) is -3.47. The van der Waals surface area contributed by atoms with E-state index >= 15 is 0 Å². The van der Waals surface area contributed by atoms with E-state index in [1.54, 1.807) is 9.80 Å². The Balaban J connectivity index is 1.40. The van der Waals surface area contributed by atoms with Crippen molar-refractivity contribution in [1.82, 2.24) is 9.80 Å². The Morgan fingerprint density at radius 1 is 0.966 bits per heavy atom. The summed E-state index contributed by atoms with van der Waals surface area (Å²) in [6.07, 6.45) is 2.60. The summed E-state index contributed by atoms with van der Waals surface area (Å²) in [5, 5.41) is 0. The SMILES string of the molecule is CS(=O)(=O)OC1CCN(C(=O)C2CCN(C(=O)OCc3ccccc3)CC2)CC1. The number of hydrogen-bond acceptors (Lipinski definition) is 6. The van der Waals surface area contributed by atoms with Gasteiger partial charge in [0.25, 0.3) is 10.1 Å². The summed E-state index contributed by atoms with van der Waals surface area (Å²) in [5.41, 5.74) is 0.939. The molecule has 0 bridgehead atoms. The van der Waals surface area contributed by atoms with E-state index in [9.17, 15) is 18.0 Å². The molecule has 2 amide bonds. The van der Waals surface area contributed by atoms with Gasteiger partial charge in [0.1, 0.15) is 6.61 Å². The predicted octanol–water partition coefficient (Wildman–Crippen LogP) is 2.00. The van der Waals surface area contributed by atoms with E-state index in [0.29, 0.717) is 51.9 Å². The third-order valence-electron chi connectivity index (χ3n) is 5.37. The molecule has 0 unspecified atom stereocenters. The topological polar surface area (TPSA) is 93.2 Å². The molecule has 0 aromatic heterocycles. The smallest absolute Gasteiger partial charge is 0.410 e. The highest BCUT2D eigenvalue weighted by molar-refractivity contribution is 7.86. The Kier molecular flexibility index (Phi) is 7.13. The fourth-order valence-electron chi connectivity index (χ4n) is 3.80. The number of amides is 2. The molecule has 160 valence electrons. The van der Waals surface area contributed by atoms with Crippen molar-refractivity contribution in [1.29, 1.82) is 0 Å². The molecule has 2 aliphatic rings. The molecule has 0 N–H and O–H groups in total. The van der Waals surface area contributed by atoms with Crippen LogP contribution in [0.5, 0.6) is 0 Å². The minimum absolute atomic E-state index is 0.0834. The molecule has 0 spiro atoms. The molecule has 2 saturated heterocycles. The van der Waals surface area contributed by atoms with Crippen molar-refractivity contribution in [2.75, 3.05) is 32.4 Å². The molecule has 0 radical (unpaired) electrons. The molecular formula is C20H28N2O6S. The minimum Gasteiger partial charge on any atom is -0.445 e. The molecule has 3 rings (SSSR count). The number of benzene rings is 1. The molecule has 2 heterocycles. The summed E-state index contributed by atoms with van der Waals surface area (Å²) in [6.45, 7) is 2.23. The van der Waals surface area contributed by atoms with E-state index in [-0.39, 0.29) is 30.6 Å². The first-order chi connectivity index (χ1) is 13.8. The van der Waals surface area contributed by atoms with E-state index in [2.05, 4.69) is 0 Å². The molecule has 2 aliphatic heterocycles. The Hall–Kier alpha value is -2.13. The van der Waals surface area contributed by atoms with Gasteiger partial charge in [-0.3, -0.25) is 8.98 Å². The lowest BCUT2D eigenvalue weighted by Gasteiger charge is -2.36. The van der Waals surface area contributed by atoms with Crippen molar-refractivity contribution in [3.05, 3.63) is 35.9 Å². The molecule has 1 aromatic rings. The number of ether oxygens (including phenoxy) is 1. The second-order valence-corrected chi connectivity index (χ2v) is 9.23. The first-order valence-electron chi connectivity index (χ1n) is 9.94. The number of rotatable bonds is 5.